The van der Waals surface area contributed by atoms with Gasteiger partial charge in [0.05, 0.1) is 23.1 Å². The van der Waals surface area contributed by atoms with Crippen LogP contribution < -0.4 is 25.8 Å². The Hall–Kier alpha value is -3.69. The third kappa shape index (κ3) is 5.42. The minimum absolute atomic E-state index is 0.115. The van der Waals surface area contributed by atoms with Gasteiger partial charge in [0.25, 0.3) is 5.91 Å². The average molecular weight is 534 g/mol. The lowest BCUT2D eigenvalue weighted by molar-refractivity contribution is -0.122. The first-order valence-electron chi connectivity index (χ1n) is 14.3. The lowest BCUT2D eigenvalue weighted by atomic mass is 10.0. The SMILES string of the molecule is CCc1cc(C(=O)N[C@@H]2CCCCNC2=O)cnc1Nc1cc2c(cn1)N(C)C(=O)[C@@H](CC)N2C1CCCC1. The molecule has 1 aliphatic carbocycles. The number of nitrogens with zero attached hydrogens (tertiary/aromatic N) is 4. The number of hydrogen-bond donors (Lipinski definition) is 3. The molecule has 208 valence electrons. The monoisotopic (exact) mass is 533 g/mol. The zero-order chi connectivity index (χ0) is 27.5. The molecule has 0 spiro atoms. The molecule has 0 aromatic carbocycles. The molecule has 2 aromatic rings. The first-order valence-corrected chi connectivity index (χ1v) is 14.3. The van der Waals surface area contributed by atoms with Gasteiger partial charge in [-0.05, 0) is 56.6 Å². The molecule has 2 aromatic heterocycles. The Morgan fingerprint density at radius 3 is 2.54 bits per heavy atom. The van der Waals surface area contributed by atoms with Gasteiger partial charge in [-0.3, -0.25) is 14.4 Å². The second-order valence-electron chi connectivity index (χ2n) is 10.7. The smallest absolute Gasteiger partial charge is 0.253 e. The van der Waals surface area contributed by atoms with E-state index in [2.05, 4.69) is 37.7 Å². The number of aromatic nitrogens is 2. The Bertz CT molecular complexity index is 1240. The van der Waals surface area contributed by atoms with Gasteiger partial charge in [-0.25, -0.2) is 9.97 Å². The number of hydrogen-bond acceptors (Lipinski definition) is 7. The summed E-state index contributed by atoms with van der Waals surface area (Å²) < 4.78 is 0. The lowest BCUT2D eigenvalue weighted by Crippen LogP contribution is -2.55. The van der Waals surface area contributed by atoms with Crippen LogP contribution in [0, 0.1) is 0 Å². The highest BCUT2D eigenvalue weighted by molar-refractivity contribution is 6.05. The van der Waals surface area contributed by atoms with Crippen LogP contribution >= 0.6 is 0 Å². The first-order chi connectivity index (χ1) is 18.9. The number of anilines is 4. The zero-order valence-corrected chi connectivity index (χ0v) is 23.1. The number of carbonyl (C=O) groups excluding carboxylic acids is 3. The van der Waals surface area contributed by atoms with Gasteiger partial charge < -0.3 is 25.8 Å². The number of fused-ring (bicyclic) bond motifs is 1. The van der Waals surface area contributed by atoms with E-state index in [1.165, 1.54) is 19.0 Å². The molecule has 2 fully saturated rings. The third-order valence-electron chi connectivity index (χ3n) is 8.25. The number of pyridine rings is 2. The highest BCUT2D eigenvalue weighted by Gasteiger charge is 2.40. The molecule has 4 heterocycles. The Labute approximate surface area is 229 Å². The number of aryl methyl sites for hydroxylation is 1. The Balaban J connectivity index is 1.39. The number of amides is 3. The zero-order valence-electron chi connectivity index (χ0n) is 23.1. The maximum absolute atomic E-state index is 13.2. The Morgan fingerprint density at radius 2 is 1.79 bits per heavy atom. The quantitative estimate of drug-likeness (QED) is 0.497. The highest BCUT2D eigenvalue weighted by Crippen LogP contribution is 2.42. The van der Waals surface area contributed by atoms with E-state index in [0.29, 0.717) is 42.6 Å². The van der Waals surface area contributed by atoms with Gasteiger partial charge in [0.15, 0.2) is 0 Å². The van der Waals surface area contributed by atoms with Crippen LogP contribution in [0.4, 0.5) is 23.0 Å². The predicted molar refractivity (Wildman–Crippen MR) is 151 cm³/mol. The van der Waals surface area contributed by atoms with E-state index in [1.54, 1.807) is 11.1 Å². The van der Waals surface area contributed by atoms with Crippen molar-refractivity contribution in [3.05, 3.63) is 35.7 Å². The molecule has 3 N–H and O–H groups in total. The largest absolute Gasteiger partial charge is 0.355 e. The fourth-order valence-corrected chi connectivity index (χ4v) is 6.06. The molecular formula is C29H39N7O3. The molecule has 1 saturated heterocycles. The maximum atomic E-state index is 13.2. The summed E-state index contributed by atoms with van der Waals surface area (Å²) in [6.07, 6.45) is 11.7. The average Bonchev–Trinajstić information content (AvgIpc) is 3.40. The van der Waals surface area contributed by atoms with Crippen molar-refractivity contribution in [2.75, 3.05) is 28.7 Å². The van der Waals surface area contributed by atoms with Crippen molar-refractivity contribution in [2.24, 2.45) is 0 Å². The van der Waals surface area contributed by atoms with Gasteiger partial charge in [0.1, 0.15) is 23.7 Å². The molecule has 39 heavy (non-hydrogen) atoms. The molecule has 0 bridgehead atoms. The molecule has 2 aliphatic heterocycles. The van der Waals surface area contributed by atoms with Crippen molar-refractivity contribution in [3.8, 4) is 0 Å². The van der Waals surface area contributed by atoms with E-state index in [0.717, 1.165) is 49.0 Å². The molecule has 3 aliphatic rings. The second kappa shape index (κ2) is 11.6. The van der Waals surface area contributed by atoms with Crippen LogP contribution in [0.25, 0.3) is 0 Å². The predicted octanol–water partition coefficient (Wildman–Crippen LogP) is 3.69. The minimum atomic E-state index is -0.526. The number of nitrogens with one attached hydrogen (secondary N) is 3. The molecule has 2 atom stereocenters. The molecule has 1 saturated carbocycles. The van der Waals surface area contributed by atoms with Gasteiger partial charge in [0.2, 0.25) is 11.8 Å². The maximum Gasteiger partial charge on any atom is 0.253 e. The molecule has 0 radical (unpaired) electrons. The fraction of sp³-hybridized carbons (Fsp3) is 0.552. The van der Waals surface area contributed by atoms with Crippen molar-refractivity contribution < 1.29 is 14.4 Å². The van der Waals surface area contributed by atoms with Crippen LogP contribution in [0.2, 0.25) is 0 Å². The van der Waals surface area contributed by atoms with Crippen molar-refractivity contribution in [2.45, 2.75) is 89.8 Å². The summed E-state index contributed by atoms with van der Waals surface area (Å²) in [4.78, 5) is 51.6. The molecule has 3 amide bonds. The van der Waals surface area contributed by atoms with E-state index in [4.69, 9.17) is 0 Å². The van der Waals surface area contributed by atoms with E-state index in [1.807, 2.05) is 26.1 Å². The molecular weight excluding hydrogens is 494 g/mol. The van der Waals surface area contributed by atoms with E-state index in [-0.39, 0.29) is 23.8 Å². The van der Waals surface area contributed by atoms with Crippen LogP contribution in [0.5, 0.6) is 0 Å². The van der Waals surface area contributed by atoms with Gasteiger partial charge in [-0.1, -0.05) is 26.7 Å². The summed E-state index contributed by atoms with van der Waals surface area (Å²) in [6.45, 7) is 4.73. The summed E-state index contributed by atoms with van der Waals surface area (Å²) >= 11 is 0. The summed E-state index contributed by atoms with van der Waals surface area (Å²) in [5.74, 6) is 0.954. The van der Waals surface area contributed by atoms with Crippen LogP contribution in [-0.2, 0) is 16.0 Å². The second-order valence-corrected chi connectivity index (χ2v) is 10.7. The number of likely N-dealkylation sites (N-methyl/N-ethyl adjacent to an activating group) is 1. The van der Waals surface area contributed by atoms with Crippen molar-refractivity contribution >= 4 is 40.7 Å². The van der Waals surface area contributed by atoms with Crippen molar-refractivity contribution in [1.29, 1.82) is 0 Å². The number of carbonyl (C=O) groups is 3. The van der Waals surface area contributed by atoms with Crippen LogP contribution in [0.3, 0.4) is 0 Å². The van der Waals surface area contributed by atoms with Gasteiger partial charge >= 0.3 is 0 Å². The number of rotatable bonds is 7. The van der Waals surface area contributed by atoms with Crippen LogP contribution in [0.15, 0.2) is 24.5 Å². The molecule has 0 unspecified atom stereocenters. The summed E-state index contributed by atoms with van der Waals surface area (Å²) in [5.41, 5.74) is 3.13. The fourth-order valence-electron chi connectivity index (χ4n) is 6.06. The van der Waals surface area contributed by atoms with Gasteiger partial charge in [-0.15, -0.1) is 0 Å². The normalized spacial score (nSPS) is 21.8. The van der Waals surface area contributed by atoms with E-state index in [9.17, 15) is 14.4 Å². The Morgan fingerprint density at radius 1 is 1.03 bits per heavy atom. The van der Waals surface area contributed by atoms with Gasteiger partial charge in [0, 0.05) is 31.9 Å². The molecule has 10 heteroatoms. The van der Waals surface area contributed by atoms with E-state index >= 15 is 0 Å². The third-order valence-corrected chi connectivity index (χ3v) is 8.25. The van der Waals surface area contributed by atoms with E-state index < -0.39 is 6.04 Å². The Kier molecular flexibility index (Phi) is 7.99. The first kappa shape index (κ1) is 26.9. The minimum Gasteiger partial charge on any atom is -0.355 e. The molecule has 10 nitrogen and oxygen atoms in total. The standard InChI is InChI=1S/C29H39N7O3/c1-4-18-14-19(27(37)33-21-12-8-9-13-30-28(21)38)16-32-26(18)34-25-15-23-24(17-31-25)35(3)29(39)22(5-2)36(23)20-10-6-7-11-20/h14-17,20-22H,4-13H2,1-3H3,(H,30,38)(H,33,37)(H,31,32,34)/t21-,22-/m1/s1. The summed E-state index contributed by atoms with van der Waals surface area (Å²) in [5, 5.41) is 9.08. The highest BCUT2D eigenvalue weighted by atomic mass is 16.2. The van der Waals surface area contributed by atoms with Gasteiger partial charge in [-0.2, -0.15) is 0 Å². The van der Waals surface area contributed by atoms with Crippen molar-refractivity contribution in [1.82, 2.24) is 20.6 Å². The lowest BCUT2D eigenvalue weighted by Gasteiger charge is -2.44. The van der Waals surface area contributed by atoms with Crippen LogP contribution in [-0.4, -0.2) is 59.4 Å². The topological polar surface area (TPSA) is 120 Å². The molecule has 5 rings (SSSR count). The van der Waals surface area contributed by atoms with Crippen LogP contribution in [0.1, 0.15) is 81.1 Å². The summed E-state index contributed by atoms with van der Waals surface area (Å²) in [6, 6.07) is 3.48. The van der Waals surface area contributed by atoms with Crippen molar-refractivity contribution in [3.63, 3.8) is 0 Å². The summed E-state index contributed by atoms with van der Waals surface area (Å²) in [7, 11) is 1.82.